The zero-order valence-electron chi connectivity index (χ0n) is 22.0. The van der Waals surface area contributed by atoms with Crippen molar-refractivity contribution in [1.29, 1.82) is 0 Å². The summed E-state index contributed by atoms with van der Waals surface area (Å²) in [6.07, 6.45) is -2.45. The molecule has 1 amide bonds. The maximum absolute atomic E-state index is 13.8. The number of aliphatic hydroxyl groups excluding tert-OH is 1. The van der Waals surface area contributed by atoms with Crippen molar-refractivity contribution in [3.63, 3.8) is 0 Å². The molecule has 2 aliphatic heterocycles. The quantitative estimate of drug-likeness (QED) is 0.385. The lowest BCUT2D eigenvalue weighted by molar-refractivity contribution is -0.0222. The highest BCUT2D eigenvalue weighted by molar-refractivity contribution is 7.93. The van der Waals surface area contributed by atoms with Gasteiger partial charge in [-0.25, -0.2) is 26.6 Å². The van der Waals surface area contributed by atoms with Crippen LogP contribution in [0.3, 0.4) is 0 Å². The van der Waals surface area contributed by atoms with Crippen LogP contribution in [0.2, 0.25) is 0 Å². The predicted molar refractivity (Wildman–Crippen MR) is 143 cm³/mol. The minimum Gasteiger partial charge on any atom is -0.392 e. The molecular formula is C25H29F5N6O4S. The van der Waals surface area contributed by atoms with Crippen molar-refractivity contribution >= 4 is 39.1 Å². The number of nitrogens with zero attached hydrogens (tertiary/aromatic N) is 4. The standard InChI is InChI=1S/C25H29F5N6O4S/c1-15-12-21(33-24(31-15)36-10-6-25(29,30)7-11-36)32-23(38)18-3-2-17(34-41(39,40)20(26)14-37)13-19(18)35-8-4-16(5-9-35)22(27)28/h2-3,12-13,20,34,37H,4-11,14H2,1H3,(H,31,32,33,38)/t20-/m0/s1. The van der Waals surface area contributed by atoms with Crippen LogP contribution in [0.5, 0.6) is 0 Å². The number of nitrogens with one attached hydrogen (secondary N) is 2. The van der Waals surface area contributed by atoms with E-state index in [1.807, 2.05) is 4.72 Å². The van der Waals surface area contributed by atoms with Gasteiger partial charge in [0.05, 0.1) is 23.5 Å². The molecule has 41 heavy (non-hydrogen) atoms. The number of alkyl halides is 3. The third-order valence-electron chi connectivity index (χ3n) is 6.82. The first-order valence-electron chi connectivity index (χ1n) is 12.8. The topological polar surface area (TPSA) is 128 Å². The number of anilines is 4. The second-order valence-corrected chi connectivity index (χ2v) is 11.6. The zero-order valence-corrected chi connectivity index (χ0v) is 22.8. The van der Waals surface area contributed by atoms with Crippen molar-refractivity contribution < 1.29 is 40.3 Å². The lowest BCUT2D eigenvalue weighted by Gasteiger charge is -2.32. The molecule has 3 N–H and O–H groups in total. The molecule has 224 valence electrons. The Balaban J connectivity index is 1.62. The lowest BCUT2D eigenvalue weighted by atomic mass is 10.0. The molecular weight excluding hydrogens is 575 g/mol. The van der Waals surface area contributed by atoms with E-state index < -0.39 is 40.0 Å². The highest BCUT2D eigenvalue weighted by atomic mass is 32.2. The van der Waals surface area contributed by atoms with Gasteiger partial charge in [0.1, 0.15) is 5.82 Å². The Bertz CT molecular complexity index is 1420. The molecule has 0 radical (unpaired) electrons. The van der Waals surface area contributed by atoms with Gasteiger partial charge in [0, 0.05) is 50.8 Å². The summed E-state index contributed by atoms with van der Waals surface area (Å²) in [5.74, 6) is -3.16. The number of benzene rings is 1. The number of carbonyl (C=O) groups is 1. The summed E-state index contributed by atoms with van der Waals surface area (Å²) in [5, 5.41) is 11.6. The second kappa shape index (κ2) is 12.1. The maximum Gasteiger partial charge on any atom is 0.269 e. The second-order valence-electron chi connectivity index (χ2n) is 9.81. The van der Waals surface area contributed by atoms with Crippen molar-refractivity contribution in [2.45, 2.75) is 44.0 Å². The van der Waals surface area contributed by atoms with Crippen LogP contribution in [0.25, 0.3) is 0 Å². The lowest BCUT2D eigenvalue weighted by Crippen LogP contribution is -2.40. The molecule has 0 spiro atoms. The van der Waals surface area contributed by atoms with Crippen molar-refractivity contribution in [3.05, 3.63) is 47.2 Å². The molecule has 10 nitrogen and oxygen atoms in total. The monoisotopic (exact) mass is 604 g/mol. The molecule has 0 saturated carbocycles. The number of carbonyl (C=O) groups excluding carboxylic acids is 1. The highest BCUT2D eigenvalue weighted by Crippen LogP contribution is 2.32. The van der Waals surface area contributed by atoms with Gasteiger partial charge in [0.25, 0.3) is 27.9 Å². The molecule has 0 aliphatic carbocycles. The van der Waals surface area contributed by atoms with Crippen molar-refractivity contribution in [3.8, 4) is 0 Å². The molecule has 1 atom stereocenters. The summed E-state index contributed by atoms with van der Waals surface area (Å²) < 4.78 is 93.5. The smallest absolute Gasteiger partial charge is 0.269 e. The van der Waals surface area contributed by atoms with Crippen molar-refractivity contribution in [1.82, 2.24) is 9.97 Å². The number of aliphatic hydroxyl groups is 1. The fourth-order valence-corrected chi connectivity index (χ4v) is 5.34. The van der Waals surface area contributed by atoms with E-state index in [1.54, 1.807) is 16.7 Å². The van der Waals surface area contributed by atoms with Crippen molar-refractivity contribution in [2.24, 2.45) is 0 Å². The highest BCUT2D eigenvalue weighted by Gasteiger charge is 2.35. The first kappa shape index (κ1) is 30.4. The molecule has 2 saturated heterocycles. The minimum atomic E-state index is -4.60. The third-order valence-corrected chi connectivity index (χ3v) is 8.16. The van der Waals surface area contributed by atoms with Gasteiger partial charge in [0.15, 0.2) is 0 Å². The zero-order chi connectivity index (χ0) is 29.9. The van der Waals surface area contributed by atoms with E-state index in [0.29, 0.717) is 5.69 Å². The van der Waals surface area contributed by atoms with Crippen LogP contribution in [0.4, 0.5) is 45.1 Å². The first-order chi connectivity index (χ1) is 19.3. The Morgan fingerprint density at radius 1 is 1.07 bits per heavy atom. The number of sulfonamides is 1. The Morgan fingerprint density at radius 3 is 2.34 bits per heavy atom. The van der Waals surface area contributed by atoms with Crippen LogP contribution >= 0.6 is 0 Å². The summed E-state index contributed by atoms with van der Waals surface area (Å²) in [7, 11) is -4.60. The van der Waals surface area contributed by atoms with Gasteiger partial charge in [-0.05, 0) is 43.5 Å². The fourth-order valence-electron chi connectivity index (χ4n) is 4.56. The number of halogens is 5. The SMILES string of the molecule is Cc1cc(NC(=O)c2ccc(NS(=O)(=O)[C@H](F)CO)cc2N2CCC(=C(F)F)CC2)nc(N2CCC(F)(F)CC2)n1. The van der Waals surface area contributed by atoms with Crippen molar-refractivity contribution in [2.75, 3.05) is 52.6 Å². The Labute approximate surface area is 233 Å². The average Bonchev–Trinajstić information content (AvgIpc) is 2.92. The Kier molecular flexibility index (Phi) is 9.01. The molecule has 0 bridgehead atoms. The molecule has 1 aromatic heterocycles. The number of aryl methyl sites for hydroxylation is 1. The Morgan fingerprint density at radius 2 is 1.73 bits per heavy atom. The molecule has 2 aliphatic rings. The van der Waals surface area contributed by atoms with Gasteiger partial charge in [-0.1, -0.05) is 0 Å². The van der Waals surface area contributed by atoms with Crippen LogP contribution in [-0.2, 0) is 10.0 Å². The first-order valence-corrected chi connectivity index (χ1v) is 14.3. The van der Waals surface area contributed by atoms with Crippen LogP contribution in [0, 0.1) is 6.92 Å². The van der Waals surface area contributed by atoms with Gasteiger partial charge in [-0.3, -0.25) is 9.52 Å². The van der Waals surface area contributed by atoms with E-state index in [0.717, 1.165) is 0 Å². The molecule has 3 heterocycles. The minimum absolute atomic E-state index is 0.0136. The van der Waals surface area contributed by atoms with Crippen LogP contribution < -0.4 is 19.8 Å². The maximum atomic E-state index is 13.8. The predicted octanol–water partition coefficient (Wildman–Crippen LogP) is 4.05. The van der Waals surface area contributed by atoms with E-state index in [2.05, 4.69) is 15.3 Å². The van der Waals surface area contributed by atoms with E-state index in [4.69, 9.17) is 5.11 Å². The average molecular weight is 605 g/mol. The summed E-state index contributed by atoms with van der Waals surface area (Å²) in [4.78, 5) is 25.2. The van der Waals surface area contributed by atoms with E-state index in [1.165, 1.54) is 24.3 Å². The normalized spacial score (nSPS) is 18.2. The molecule has 0 unspecified atom stereocenters. The molecule has 16 heteroatoms. The van der Waals surface area contributed by atoms with Crippen LogP contribution in [0.15, 0.2) is 35.9 Å². The summed E-state index contributed by atoms with van der Waals surface area (Å²) in [6, 6.07) is 5.28. The van der Waals surface area contributed by atoms with Gasteiger partial charge < -0.3 is 20.2 Å². The van der Waals surface area contributed by atoms with Crippen LogP contribution in [-0.4, -0.2) is 73.6 Å². The molecule has 1 aromatic carbocycles. The molecule has 4 rings (SSSR count). The summed E-state index contributed by atoms with van der Waals surface area (Å²) in [6.45, 7) is 0.653. The van der Waals surface area contributed by atoms with E-state index in [-0.39, 0.29) is 86.1 Å². The number of aromatic nitrogens is 2. The van der Waals surface area contributed by atoms with Gasteiger partial charge in [-0.2, -0.15) is 13.8 Å². The largest absolute Gasteiger partial charge is 0.392 e. The molecule has 2 fully saturated rings. The Hall–Kier alpha value is -3.53. The third kappa shape index (κ3) is 7.41. The number of rotatable bonds is 8. The fraction of sp³-hybridized carbons (Fsp3) is 0.480. The number of hydrogen-bond acceptors (Lipinski definition) is 8. The van der Waals surface area contributed by atoms with E-state index >= 15 is 0 Å². The summed E-state index contributed by atoms with van der Waals surface area (Å²) in [5.41, 5.74) is -1.99. The number of piperidine rings is 2. The van der Waals surface area contributed by atoms with E-state index in [9.17, 15) is 35.2 Å². The van der Waals surface area contributed by atoms with Gasteiger partial charge in [-0.15, -0.1) is 0 Å². The number of amides is 1. The number of hydrogen-bond donors (Lipinski definition) is 3. The van der Waals surface area contributed by atoms with Gasteiger partial charge in [0.2, 0.25) is 11.5 Å². The van der Waals surface area contributed by atoms with Gasteiger partial charge >= 0.3 is 0 Å². The van der Waals surface area contributed by atoms with Crippen LogP contribution in [0.1, 0.15) is 41.7 Å². The molecule has 2 aromatic rings. The summed E-state index contributed by atoms with van der Waals surface area (Å²) >= 11 is 0.